The summed E-state index contributed by atoms with van der Waals surface area (Å²) in [5, 5.41) is 10.00. The summed E-state index contributed by atoms with van der Waals surface area (Å²) in [6.45, 7) is 3.71. The number of carbonyl (C=O) groups is 1. The standard InChI is InChI=1S/C18H24N4O2/c23-18(14-2-1-3-14)19-10-13-7-9-22(11-13)12-15-4-5-17(24-15)16-6-8-20-21-16/h4-6,8,13-14H,1-3,7,9-12H2,(H,19,23)(H,20,21)/t13-/m0/s1. The molecule has 4 rings (SSSR count). The van der Waals surface area contributed by atoms with Gasteiger partial charge in [0.25, 0.3) is 0 Å². The molecule has 128 valence electrons. The molecule has 0 unspecified atom stereocenters. The Morgan fingerprint density at radius 2 is 2.25 bits per heavy atom. The van der Waals surface area contributed by atoms with Gasteiger partial charge in [-0.2, -0.15) is 5.10 Å². The summed E-state index contributed by atoms with van der Waals surface area (Å²) in [5.74, 6) is 2.89. The summed E-state index contributed by atoms with van der Waals surface area (Å²) in [6, 6.07) is 5.91. The molecule has 6 heteroatoms. The first-order valence-corrected chi connectivity index (χ1v) is 8.86. The lowest BCUT2D eigenvalue weighted by atomic mass is 9.85. The van der Waals surface area contributed by atoms with Crippen molar-refractivity contribution in [3.63, 3.8) is 0 Å². The molecule has 1 aliphatic carbocycles. The molecule has 3 heterocycles. The number of likely N-dealkylation sites (tertiary alicyclic amines) is 1. The van der Waals surface area contributed by atoms with Crippen LogP contribution in [0.4, 0.5) is 0 Å². The normalized spacial score (nSPS) is 21.8. The molecular weight excluding hydrogens is 304 g/mol. The van der Waals surface area contributed by atoms with Crippen LogP contribution in [0.2, 0.25) is 0 Å². The summed E-state index contributed by atoms with van der Waals surface area (Å²) < 4.78 is 5.89. The first-order chi connectivity index (χ1) is 11.8. The Morgan fingerprint density at radius 1 is 1.33 bits per heavy atom. The van der Waals surface area contributed by atoms with Crippen LogP contribution in [0.5, 0.6) is 0 Å². The van der Waals surface area contributed by atoms with Crippen LogP contribution >= 0.6 is 0 Å². The number of H-pyrrole nitrogens is 1. The molecular formula is C18H24N4O2. The van der Waals surface area contributed by atoms with E-state index in [9.17, 15) is 4.79 Å². The van der Waals surface area contributed by atoms with E-state index < -0.39 is 0 Å². The number of aromatic amines is 1. The number of hydrogen-bond acceptors (Lipinski definition) is 4. The second-order valence-electron chi connectivity index (χ2n) is 7.00. The van der Waals surface area contributed by atoms with Crippen LogP contribution in [0, 0.1) is 11.8 Å². The van der Waals surface area contributed by atoms with E-state index in [4.69, 9.17) is 4.42 Å². The van der Waals surface area contributed by atoms with Crippen molar-refractivity contribution in [2.75, 3.05) is 19.6 Å². The molecule has 1 saturated carbocycles. The molecule has 24 heavy (non-hydrogen) atoms. The van der Waals surface area contributed by atoms with E-state index in [0.717, 1.165) is 62.7 Å². The molecule has 2 aromatic rings. The minimum atomic E-state index is 0.259. The van der Waals surface area contributed by atoms with Gasteiger partial charge in [0.15, 0.2) is 5.76 Å². The van der Waals surface area contributed by atoms with Crippen LogP contribution in [0.3, 0.4) is 0 Å². The number of furan rings is 1. The second-order valence-corrected chi connectivity index (χ2v) is 7.00. The maximum atomic E-state index is 11.9. The molecule has 0 bridgehead atoms. The number of hydrogen-bond donors (Lipinski definition) is 2. The molecule has 2 N–H and O–H groups in total. The topological polar surface area (TPSA) is 74.2 Å². The monoisotopic (exact) mass is 328 g/mol. The van der Waals surface area contributed by atoms with Gasteiger partial charge in [-0.1, -0.05) is 6.42 Å². The van der Waals surface area contributed by atoms with E-state index in [1.54, 1.807) is 6.20 Å². The van der Waals surface area contributed by atoms with Gasteiger partial charge >= 0.3 is 0 Å². The average molecular weight is 328 g/mol. The minimum absolute atomic E-state index is 0.259. The number of rotatable bonds is 6. The number of carbonyl (C=O) groups excluding carboxylic acids is 1. The van der Waals surface area contributed by atoms with Gasteiger partial charge in [0.2, 0.25) is 5.91 Å². The molecule has 0 spiro atoms. The van der Waals surface area contributed by atoms with Gasteiger partial charge in [0.05, 0.1) is 6.54 Å². The SMILES string of the molecule is O=C(NC[C@@H]1CCN(Cc2ccc(-c3ccn[nH]3)o2)C1)C1CCC1. The molecule has 2 aliphatic rings. The van der Waals surface area contributed by atoms with Crippen molar-refractivity contribution in [2.45, 2.75) is 32.2 Å². The zero-order valence-corrected chi connectivity index (χ0v) is 13.8. The van der Waals surface area contributed by atoms with E-state index >= 15 is 0 Å². The highest BCUT2D eigenvalue weighted by molar-refractivity contribution is 5.79. The molecule has 6 nitrogen and oxygen atoms in total. The van der Waals surface area contributed by atoms with Gasteiger partial charge in [0, 0.05) is 25.2 Å². The molecule has 1 aliphatic heterocycles. The lowest BCUT2D eigenvalue weighted by Gasteiger charge is -2.24. The predicted molar refractivity (Wildman–Crippen MR) is 90.0 cm³/mol. The maximum absolute atomic E-state index is 11.9. The fourth-order valence-corrected chi connectivity index (χ4v) is 3.50. The van der Waals surface area contributed by atoms with Crippen molar-refractivity contribution in [1.82, 2.24) is 20.4 Å². The van der Waals surface area contributed by atoms with Crippen LogP contribution < -0.4 is 5.32 Å². The van der Waals surface area contributed by atoms with Crippen molar-refractivity contribution >= 4 is 5.91 Å². The number of amides is 1. The summed E-state index contributed by atoms with van der Waals surface area (Å²) in [4.78, 5) is 14.3. The number of aromatic nitrogens is 2. The molecule has 2 fully saturated rings. The number of nitrogens with zero attached hydrogens (tertiary/aromatic N) is 2. The fraction of sp³-hybridized carbons (Fsp3) is 0.556. The van der Waals surface area contributed by atoms with Crippen molar-refractivity contribution < 1.29 is 9.21 Å². The molecule has 1 saturated heterocycles. The minimum Gasteiger partial charge on any atom is -0.458 e. The van der Waals surface area contributed by atoms with E-state index in [0.29, 0.717) is 5.92 Å². The van der Waals surface area contributed by atoms with Gasteiger partial charge in [-0.05, 0) is 49.9 Å². The zero-order chi connectivity index (χ0) is 16.4. The third kappa shape index (κ3) is 3.38. The smallest absolute Gasteiger partial charge is 0.223 e. The van der Waals surface area contributed by atoms with Crippen LogP contribution in [0.25, 0.3) is 11.5 Å². The Kier molecular flexibility index (Phi) is 4.38. The summed E-state index contributed by atoms with van der Waals surface area (Å²) in [6.07, 6.45) is 6.21. The average Bonchev–Trinajstić information content (AvgIpc) is 3.25. The van der Waals surface area contributed by atoms with Crippen LogP contribution in [-0.4, -0.2) is 40.6 Å². The Bertz CT molecular complexity index is 675. The van der Waals surface area contributed by atoms with Crippen LogP contribution in [0.15, 0.2) is 28.8 Å². The quantitative estimate of drug-likeness (QED) is 0.854. The summed E-state index contributed by atoms with van der Waals surface area (Å²) in [7, 11) is 0. The maximum Gasteiger partial charge on any atom is 0.223 e. The van der Waals surface area contributed by atoms with Gasteiger partial charge in [-0.15, -0.1) is 0 Å². The lowest BCUT2D eigenvalue weighted by molar-refractivity contribution is -0.127. The van der Waals surface area contributed by atoms with Gasteiger partial charge < -0.3 is 9.73 Å². The van der Waals surface area contributed by atoms with E-state index in [2.05, 4.69) is 20.4 Å². The highest BCUT2D eigenvalue weighted by Crippen LogP contribution is 2.27. The van der Waals surface area contributed by atoms with Crippen molar-refractivity contribution in [1.29, 1.82) is 0 Å². The van der Waals surface area contributed by atoms with E-state index in [1.807, 2.05) is 18.2 Å². The lowest BCUT2D eigenvalue weighted by Crippen LogP contribution is -2.37. The first kappa shape index (κ1) is 15.4. The fourth-order valence-electron chi connectivity index (χ4n) is 3.50. The van der Waals surface area contributed by atoms with Gasteiger partial charge in [-0.3, -0.25) is 14.8 Å². The third-order valence-corrected chi connectivity index (χ3v) is 5.22. The van der Waals surface area contributed by atoms with E-state index in [-0.39, 0.29) is 11.8 Å². The Morgan fingerprint density at radius 3 is 3.00 bits per heavy atom. The summed E-state index contributed by atoms with van der Waals surface area (Å²) in [5.41, 5.74) is 0.902. The Hall–Kier alpha value is -2.08. The largest absolute Gasteiger partial charge is 0.458 e. The van der Waals surface area contributed by atoms with Crippen LogP contribution in [0.1, 0.15) is 31.4 Å². The first-order valence-electron chi connectivity index (χ1n) is 8.86. The zero-order valence-electron chi connectivity index (χ0n) is 13.8. The predicted octanol–water partition coefficient (Wildman–Crippen LogP) is 2.41. The molecule has 1 atom stereocenters. The Balaban J connectivity index is 1.24. The molecule has 2 aromatic heterocycles. The van der Waals surface area contributed by atoms with E-state index in [1.165, 1.54) is 6.42 Å². The van der Waals surface area contributed by atoms with Gasteiger partial charge in [-0.25, -0.2) is 0 Å². The molecule has 1 amide bonds. The highest BCUT2D eigenvalue weighted by Gasteiger charge is 2.27. The third-order valence-electron chi connectivity index (χ3n) is 5.22. The second kappa shape index (κ2) is 6.81. The molecule has 0 aromatic carbocycles. The van der Waals surface area contributed by atoms with Gasteiger partial charge in [0.1, 0.15) is 11.5 Å². The van der Waals surface area contributed by atoms with Crippen molar-refractivity contribution in [3.8, 4) is 11.5 Å². The van der Waals surface area contributed by atoms with Crippen molar-refractivity contribution in [2.24, 2.45) is 11.8 Å². The highest BCUT2D eigenvalue weighted by atomic mass is 16.3. The van der Waals surface area contributed by atoms with Crippen molar-refractivity contribution in [3.05, 3.63) is 30.2 Å². The number of nitrogens with one attached hydrogen (secondary N) is 2. The Labute approximate surface area is 141 Å². The molecule has 0 radical (unpaired) electrons. The summed E-state index contributed by atoms with van der Waals surface area (Å²) >= 11 is 0. The van der Waals surface area contributed by atoms with Crippen LogP contribution in [-0.2, 0) is 11.3 Å².